The molecule has 0 aliphatic rings. The Bertz CT molecular complexity index is 1630. The molecule has 0 saturated carbocycles. The summed E-state index contributed by atoms with van der Waals surface area (Å²) in [5.41, 5.74) is 0. The average Bonchev–Trinajstić information content (AvgIpc) is 3.42. The number of carbonyl (C=O) groups excluding carboxylic acids is 2. The Labute approximate surface area is 494 Å². The van der Waals surface area contributed by atoms with Gasteiger partial charge in [-0.25, -0.2) is 0 Å². The van der Waals surface area contributed by atoms with Crippen molar-refractivity contribution in [3.8, 4) is 0 Å². The van der Waals surface area contributed by atoms with Crippen LogP contribution in [0.1, 0.15) is 296 Å². The molecule has 0 bridgehead atoms. The van der Waals surface area contributed by atoms with E-state index < -0.39 is 26.5 Å². The van der Waals surface area contributed by atoms with Crippen LogP contribution in [0, 0.1) is 0 Å². The lowest BCUT2D eigenvalue weighted by molar-refractivity contribution is -0.870. The number of allylic oxidation sites excluding steroid dienone is 14. The van der Waals surface area contributed by atoms with Gasteiger partial charge < -0.3 is 27.9 Å². The van der Waals surface area contributed by atoms with Gasteiger partial charge in [-0.3, -0.25) is 14.2 Å². The van der Waals surface area contributed by atoms with E-state index in [9.17, 15) is 19.0 Å². The van der Waals surface area contributed by atoms with E-state index in [1.54, 1.807) is 0 Å². The summed E-state index contributed by atoms with van der Waals surface area (Å²) < 4.78 is 34.3. The van der Waals surface area contributed by atoms with Crippen molar-refractivity contribution in [2.45, 2.75) is 302 Å². The van der Waals surface area contributed by atoms with Gasteiger partial charge in [0.1, 0.15) is 19.8 Å². The van der Waals surface area contributed by atoms with Gasteiger partial charge in [0.15, 0.2) is 6.10 Å². The Kier molecular flexibility index (Phi) is 58.6. The number of hydrogen-bond donors (Lipinski definition) is 0. The van der Waals surface area contributed by atoms with Crippen LogP contribution in [0.5, 0.6) is 0 Å². The number of esters is 2. The molecule has 0 radical (unpaired) electrons. The molecular formula is C70H126NO8P. The highest BCUT2D eigenvalue weighted by molar-refractivity contribution is 7.45. The van der Waals surface area contributed by atoms with Crippen molar-refractivity contribution < 1.29 is 42.1 Å². The third-order valence-corrected chi connectivity index (χ3v) is 15.4. The van der Waals surface area contributed by atoms with E-state index in [1.165, 1.54) is 180 Å². The first-order valence-corrected chi connectivity index (χ1v) is 34.8. The number of ether oxygens (including phenoxy) is 2. The topological polar surface area (TPSA) is 111 Å². The van der Waals surface area contributed by atoms with E-state index in [0.29, 0.717) is 17.4 Å². The van der Waals surface area contributed by atoms with Crippen LogP contribution in [0.15, 0.2) is 85.1 Å². The smallest absolute Gasteiger partial charge is 0.306 e. The van der Waals surface area contributed by atoms with E-state index in [4.69, 9.17) is 18.5 Å². The van der Waals surface area contributed by atoms with E-state index in [1.807, 2.05) is 21.1 Å². The fourth-order valence-electron chi connectivity index (χ4n) is 9.30. The third kappa shape index (κ3) is 64.4. The van der Waals surface area contributed by atoms with Gasteiger partial charge in [0, 0.05) is 12.8 Å². The van der Waals surface area contributed by atoms with Crippen LogP contribution in [-0.2, 0) is 32.7 Å². The zero-order valence-electron chi connectivity index (χ0n) is 52.8. The predicted molar refractivity (Wildman–Crippen MR) is 342 cm³/mol. The van der Waals surface area contributed by atoms with Crippen LogP contribution < -0.4 is 4.89 Å². The summed E-state index contributed by atoms with van der Waals surface area (Å²) in [5.74, 6) is -0.831. The van der Waals surface area contributed by atoms with Gasteiger partial charge in [-0.05, 0) is 89.9 Å². The normalized spacial score (nSPS) is 13.7. The van der Waals surface area contributed by atoms with Crippen molar-refractivity contribution in [1.29, 1.82) is 0 Å². The number of carbonyl (C=O) groups is 2. The molecule has 0 fully saturated rings. The highest BCUT2D eigenvalue weighted by Gasteiger charge is 2.22. The highest BCUT2D eigenvalue weighted by atomic mass is 31.2. The number of hydrogen-bond acceptors (Lipinski definition) is 8. The molecule has 9 nitrogen and oxygen atoms in total. The first-order chi connectivity index (χ1) is 39.0. The van der Waals surface area contributed by atoms with Crippen molar-refractivity contribution in [2.75, 3.05) is 47.5 Å². The Morgan fingerprint density at radius 3 is 1.07 bits per heavy atom. The first-order valence-electron chi connectivity index (χ1n) is 33.3. The maximum absolute atomic E-state index is 12.8. The monoisotopic (exact) mass is 1140 g/mol. The number of nitrogens with zero attached hydrogens (tertiary/aromatic N) is 1. The summed E-state index contributed by atoms with van der Waals surface area (Å²) >= 11 is 0. The molecule has 80 heavy (non-hydrogen) atoms. The second-order valence-corrected chi connectivity index (χ2v) is 24.9. The molecule has 2 atom stereocenters. The lowest BCUT2D eigenvalue weighted by atomic mass is 10.0. The summed E-state index contributed by atoms with van der Waals surface area (Å²) in [6, 6.07) is 0. The molecular weight excluding hydrogens is 1010 g/mol. The maximum Gasteiger partial charge on any atom is 0.306 e. The van der Waals surface area contributed by atoms with Crippen LogP contribution in [0.3, 0.4) is 0 Å². The molecule has 0 aliphatic heterocycles. The van der Waals surface area contributed by atoms with Crippen LogP contribution in [0.2, 0.25) is 0 Å². The summed E-state index contributed by atoms with van der Waals surface area (Å²) in [6.45, 7) is 4.15. The maximum atomic E-state index is 12.8. The number of phosphoric acid groups is 1. The van der Waals surface area contributed by atoms with Crippen molar-refractivity contribution in [1.82, 2.24) is 0 Å². The van der Waals surface area contributed by atoms with E-state index >= 15 is 0 Å². The summed E-state index contributed by atoms with van der Waals surface area (Å²) in [5, 5.41) is 0. The fraction of sp³-hybridized carbons (Fsp3) is 0.771. The van der Waals surface area contributed by atoms with Gasteiger partial charge in [-0.2, -0.15) is 0 Å². The second kappa shape index (κ2) is 60.8. The molecule has 464 valence electrons. The lowest BCUT2D eigenvalue weighted by Gasteiger charge is -2.28. The Morgan fingerprint density at radius 2 is 0.713 bits per heavy atom. The Balaban J connectivity index is 4.10. The standard InChI is InChI=1S/C70H126NO8P/c1-6-8-10-12-14-16-18-20-22-24-26-28-30-32-34-35-37-39-41-43-45-47-49-51-53-55-57-59-61-63-70(73)79-68(67-78-80(74,75)77-65-64-71(3,4)5)66-76-69(72)62-60-58-56-54-52-50-48-46-44-42-40-38-36-33-31-29-27-25-23-21-19-17-15-13-11-9-7-2/h8,10,14,16,20,22,25-28,32,34,37,39,68H,6-7,9,11-13,15,17-19,21,23-24,29-31,33,35-36,38,40-67H2,1-5H3/b10-8-,16-14-,22-20-,27-25-,28-26-,34-32-,39-37-. The zero-order chi connectivity index (χ0) is 58.4. The fourth-order valence-corrected chi connectivity index (χ4v) is 10.0. The van der Waals surface area contributed by atoms with Gasteiger partial charge in [0.05, 0.1) is 27.7 Å². The second-order valence-electron chi connectivity index (χ2n) is 23.5. The van der Waals surface area contributed by atoms with E-state index in [0.717, 1.165) is 83.5 Å². The molecule has 0 aliphatic carbocycles. The number of unbranched alkanes of at least 4 members (excludes halogenated alkanes) is 33. The molecule has 0 amide bonds. The highest BCUT2D eigenvalue weighted by Crippen LogP contribution is 2.38. The molecule has 2 unspecified atom stereocenters. The summed E-state index contributed by atoms with van der Waals surface area (Å²) in [6.07, 6.45) is 82.2. The molecule has 0 aromatic heterocycles. The van der Waals surface area contributed by atoms with E-state index in [-0.39, 0.29) is 32.0 Å². The number of quaternary nitrogens is 1. The minimum Gasteiger partial charge on any atom is -0.756 e. The van der Waals surface area contributed by atoms with Gasteiger partial charge >= 0.3 is 11.9 Å². The summed E-state index contributed by atoms with van der Waals surface area (Å²) in [7, 11) is 1.16. The molecule has 0 saturated heterocycles. The van der Waals surface area contributed by atoms with Gasteiger partial charge in [0.25, 0.3) is 7.82 Å². The number of phosphoric ester groups is 1. The van der Waals surface area contributed by atoms with Crippen LogP contribution in [0.25, 0.3) is 0 Å². The molecule has 0 heterocycles. The minimum absolute atomic E-state index is 0.0340. The third-order valence-electron chi connectivity index (χ3n) is 14.4. The largest absolute Gasteiger partial charge is 0.756 e. The number of rotatable bonds is 61. The number of likely N-dealkylation sites (N-methyl/N-ethyl adjacent to an activating group) is 1. The first kappa shape index (κ1) is 77.2. The van der Waals surface area contributed by atoms with Crippen LogP contribution in [-0.4, -0.2) is 70.0 Å². The van der Waals surface area contributed by atoms with Crippen LogP contribution in [0.4, 0.5) is 0 Å². The van der Waals surface area contributed by atoms with Gasteiger partial charge in [-0.15, -0.1) is 0 Å². The molecule has 0 aromatic rings. The van der Waals surface area contributed by atoms with Crippen molar-refractivity contribution in [2.24, 2.45) is 0 Å². The molecule has 0 spiro atoms. The molecule has 0 N–H and O–H groups in total. The van der Waals surface area contributed by atoms with E-state index in [2.05, 4.69) is 98.9 Å². The molecule has 10 heteroatoms. The molecule has 0 aromatic carbocycles. The van der Waals surface area contributed by atoms with Crippen LogP contribution >= 0.6 is 7.82 Å². The van der Waals surface area contributed by atoms with Crippen molar-refractivity contribution >= 4 is 19.8 Å². The van der Waals surface area contributed by atoms with Crippen molar-refractivity contribution in [3.05, 3.63) is 85.1 Å². The van der Waals surface area contributed by atoms with Gasteiger partial charge in [0.2, 0.25) is 0 Å². The minimum atomic E-state index is -4.65. The Morgan fingerprint density at radius 1 is 0.400 bits per heavy atom. The molecule has 0 rings (SSSR count). The quantitative estimate of drug-likeness (QED) is 0.0195. The zero-order valence-corrected chi connectivity index (χ0v) is 53.7. The SMILES string of the molecule is CC/C=C\C/C=C\C/C=C\C/C=C\C/C=C\C/C=C\CCCCCCCCCCCCC(=O)OC(COC(=O)CCCCCCCCCCCCCCCCC/C=C\CCCCCCCCCC)COP(=O)([O-])OCC[N+](C)(C)C. The Hall–Kier alpha value is -2.81. The van der Waals surface area contributed by atoms with Gasteiger partial charge in [-0.1, -0.05) is 279 Å². The lowest BCUT2D eigenvalue weighted by Crippen LogP contribution is -2.37. The summed E-state index contributed by atoms with van der Waals surface area (Å²) in [4.78, 5) is 38.0. The van der Waals surface area contributed by atoms with Crippen molar-refractivity contribution in [3.63, 3.8) is 0 Å². The average molecular weight is 1140 g/mol. The predicted octanol–water partition coefficient (Wildman–Crippen LogP) is 20.7.